The van der Waals surface area contributed by atoms with Crippen LogP contribution in [0.15, 0.2) is 59.3 Å². The Balaban J connectivity index is 1.73. The van der Waals surface area contributed by atoms with E-state index in [4.69, 9.17) is 4.42 Å². The minimum Gasteiger partial charge on any atom is -0.441 e. The number of oxazole rings is 1. The van der Waals surface area contributed by atoms with Crippen LogP contribution < -0.4 is 5.32 Å². The zero-order valence-corrected chi connectivity index (χ0v) is 12.8. The Morgan fingerprint density at radius 1 is 0.958 bits per heavy atom. The second kappa shape index (κ2) is 5.73. The minimum absolute atomic E-state index is 0.247. The van der Waals surface area contributed by atoms with Crippen LogP contribution in [0.25, 0.3) is 22.2 Å². The second-order valence-corrected chi connectivity index (χ2v) is 5.31. The van der Waals surface area contributed by atoms with Gasteiger partial charge in [0.15, 0.2) is 17.3 Å². The van der Waals surface area contributed by atoms with Gasteiger partial charge < -0.3 is 9.73 Å². The molecule has 24 heavy (non-hydrogen) atoms. The summed E-state index contributed by atoms with van der Waals surface area (Å²) < 4.78 is 19.7. The number of hydrogen-bond donors (Lipinski definition) is 1. The van der Waals surface area contributed by atoms with Crippen LogP contribution in [0.1, 0.15) is 5.89 Å². The first-order valence-corrected chi connectivity index (χ1v) is 7.40. The van der Waals surface area contributed by atoms with Crippen molar-refractivity contribution in [1.29, 1.82) is 0 Å². The molecule has 0 fully saturated rings. The fraction of sp³-hybridized carbons (Fsp3) is 0.0556. The van der Waals surface area contributed by atoms with E-state index in [0.717, 1.165) is 5.56 Å². The van der Waals surface area contributed by atoms with Crippen molar-refractivity contribution in [2.24, 2.45) is 0 Å². The summed E-state index contributed by atoms with van der Waals surface area (Å²) in [5.74, 6) is 1.35. The van der Waals surface area contributed by atoms with Crippen LogP contribution in [0.5, 0.6) is 0 Å². The molecule has 6 heteroatoms. The lowest BCUT2D eigenvalue weighted by Crippen LogP contribution is -1.95. The number of nitrogens with one attached hydrogen (secondary N) is 1. The van der Waals surface area contributed by atoms with Gasteiger partial charge in [0, 0.05) is 19.3 Å². The van der Waals surface area contributed by atoms with E-state index in [2.05, 4.69) is 20.3 Å². The van der Waals surface area contributed by atoms with E-state index < -0.39 is 5.82 Å². The van der Waals surface area contributed by atoms with Gasteiger partial charge in [0.25, 0.3) is 0 Å². The van der Waals surface area contributed by atoms with Gasteiger partial charge in [0.05, 0.1) is 0 Å². The maximum absolute atomic E-state index is 14.2. The lowest BCUT2D eigenvalue weighted by Gasteiger charge is -2.07. The smallest absolute Gasteiger partial charge is 0.192 e. The third-order valence-electron chi connectivity index (χ3n) is 3.57. The molecule has 0 amide bonds. The van der Waals surface area contributed by atoms with E-state index in [1.807, 2.05) is 30.3 Å². The number of aromatic nitrogens is 3. The molecule has 0 atom stereocenters. The van der Waals surface area contributed by atoms with Gasteiger partial charge >= 0.3 is 0 Å². The maximum atomic E-state index is 14.2. The lowest BCUT2D eigenvalue weighted by atomic mass is 10.1. The predicted molar refractivity (Wildman–Crippen MR) is 89.5 cm³/mol. The molecule has 0 aliphatic rings. The Bertz CT molecular complexity index is 1010. The standard InChI is InChI=1S/C18H13FN4O/c1-11-22-18-14(19)8-13(9-15(18)24-11)12-5-7-21-17(10-12)23-16-4-2-3-6-20-16/h2-10H,1H3,(H,20,21,23). The predicted octanol–water partition coefficient (Wildman–Crippen LogP) is 4.48. The summed E-state index contributed by atoms with van der Waals surface area (Å²) in [5, 5.41) is 3.12. The number of fused-ring (bicyclic) bond motifs is 1. The Morgan fingerprint density at radius 3 is 2.67 bits per heavy atom. The number of anilines is 2. The Morgan fingerprint density at radius 2 is 1.83 bits per heavy atom. The molecule has 4 rings (SSSR count). The molecule has 0 aliphatic carbocycles. The molecule has 0 spiro atoms. The molecular weight excluding hydrogens is 307 g/mol. The highest BCUT2D eigenvalue weighted by Crippen LogP contribution is 2.28. The van der Waals surface area contributed by atoms with Crippen LogP contribution in [0, 0.1) is 12.7 Å². The largest absolute Gasteiger partial charge is 0.441 e. The third-order valence-corrected chi connectivity index (χ3v) is 3.57. The van der Waals surface area contributed by atoms with Crippen LogP contribution in [0.4, 0.5) is 16.0 Å². The van der Waals surface area contributed by atoms with Gasteiger partial charge in [-0.1, -0.05) is 6.07 Å². The van der Waals surface area contributed by atoms with E-state index in [0.29, 0.717) is 28.7 Å². The summed E-state index contributed by atoms with van der Waals surface area (Å²) in [4.78, 5) is 12.5. The average molecular weight is 320 g/mol. The normalized spacial score (nSPS) is 10.9. The summed E-state index contributed by atoms with van der Waals surface area (Å²) in [6.07, 6.45) is 3.36. The van der Waals surface area contributed by atoms with Crippen molar-refractivity contribution in [2.45, 2.75) is 6.92 Å². The monoisotopic (exact) mass is 320 g/mol. The number of pyridine rings is 2. The number of nitrogens with zero attached hydrogens (tertiary/aromatic N) is 3. The Labute approximate surface area is 137 Å². The zero-order chi connectivity index (χ0) is 16.5. The fourth-order valence-corrected chi connectivity index (χ4v) is 2.51. The van der Waals surface area contributed by atoms with Gasteiger partial charge in [-0.3, -0.25) is 0 Å². The van der Waals surface area contributed by atoms with E-state index in [1.165, 1.54) is 6.07 Å². The van der Waals surface area contributed by atoms with Crippen LogP contribution >= 0.6 is 0 Å². The number of benzene rings is 1. The lowest BCUT2D eigenvalue weighted by molar-refractivity contribution is 0.561. The molecule has 5 nitrogen and oxygen atoms in total. The summed E-state index contributed by atoms with van der Waals surface area (Å²) in [6.45, 7) is 1.69. The fourth-order valence-electron chi connectivity index (χ4n) is 2.51. The number of rotatable bonds is 3. The number of hydrogen-bond acceptors (Lipinski definition) is 5. The van der Waals surface area contributed by atoms with Crippen molar-refractivity contribution in [3.8, 4) is 11.1 Å². The second-order valence-electron chi connectivity index (χ2n) is 5.31. The topological polar surface area (TPSA) is 63.8 Å². The minimum atomic E-state index is -0.407. The highest BCUT2D eigenvalue weighted by Gasteiger charge is 2.11. The van der Waals surface area contributed by atoms with Crippen LogP contribution in [-0.2, 0) is 0 Å². The molecule has 4 aromatic rings. The molecule has 0 unspecified atom stereocenters. The van der Waals surface area contributed by atoms with Crippen molar-refractivity contribution < 1.29 is 8.81 Å². The summed E-state index contributed by atoms with van der Waals surface area (Å²) >= 11 is 0. The third kappa shape index (κ3) is 2.69. The molecule has 0 radical (unpaired) electrons. The molecule has 1 aromatic carbocycles. The van der Waals surface area contributed by atoms with Crippen molar-refractivity contribution in [2.75, 3.05) is 5.32 Å². The highest BCUT2D eigenvalue weighted by molar-refractivity contribution is 5.81. The van der Waals surface area contributed by atoms with Crippen LogP contribution in [-0.4, -0.2) is 15.0 Å². The van der Waals surface area contributed by atoms with Gasteiger partial charge in [-0.25, -0.2) is 19.3 Å². The molecule has 0 aliphatic heterocycles. The molecule has 1 N–H and O–H groups in total. The van der Waals surface area contributed by atoms with Crippen molar-refractivity contribution in [3.05, 3.63) is 66.6 Å². The summed E-state index contributed by atoms with van der Waals surface area (Å²) in [6, 6.07) is 12.4. The molecule has 3 aromatic heterocycles. The van der Waals surface area contributed by atoms with E-state index in [9.17, 15) is 4.39 Å². The van der Waals surface area contributed by atoms with Crippen LogP contribution in [0.3, 0.4) is 0 Å². The van der Waals surface area contributed by atoms with Gasteiger partial charge in [-0.15, -0.1) is 0 Å². The first kappa shape index (κ1) is 14.3. The first-order chi connectivity index (χ1) is 11.7. The number of aryl methyl sites for hydroxylation is 1. The zero-order valence-electron chi connectivity index (χ0n) is 12.8. The molecule has 118 valence electrons. The molecule has 0 saturated carbocycles. The van der Waals surface area contributed by atoms with Gasteiger partial charge in [0.2, 0.25) is 0 Å². The molecule has 3 heterocycles. The van der Waals surface area contributed by atoms with Gasteiger partial charge in [-0.2, -0.15) is 0 Å². The number of halogens is 1. The summed E-state index contributed by atoms with van der Waals surface area (Å²) in [7, 11) is 0. The molecule has 0 saturated heterocycles. The van der Waals surface area contributed by atoms with E-state index in [-0.39, 0.29) is 5.52 Å². The van der Waals surface area contributed by atoms with E-state index >= 15 is 0 Å². The highest BCUT2D eigenvalue weighted by atomic mass is 19.1. The van der Waals surface area contributed by atoms with Crippen molar-refractivity contribution >= 4 is 22.7 Å². The molecular formula is C18H13FN4O. The van der Waals surface area contributed by atoms with Gasteiger partial charge in [0.1, 0.15) is 17.2 Å². The van der Waals surface area contributed by atoms with Crippen molar-refractivity contribution in [1.82, 2.24) is 15.0 Å². The molecule has 0 bridgehead atoms. The summed E-state index contributed by atoms with van der Waals surface area (Å²) in [5.41, 5.74) is 2.19. The SMILES string of the molecule is Cc1nc2c(F)cc(-c3ccnc(Nc4ccccn4)c3)cc2o1. The van der Waals surface area contributed by atoms with Crippen LogP contribution in [0.2, 0.25) is 0 Å². The Hall–Kier alpha value is -3.28. The Kier molecular flexibility index (Phi) is 3.42. The van der Waals surface area contributed by atoms with E-state index in [1.54, 1.807) is 25.4 Å². The van der Waals surface area contributed by atoms with Gasteiger partial charge in [-0.05, 0) is 47.5 Å². The maximum Gasteiger partial charge on any atom is 0.192 e. The quantitative estimate of drug-likeness (QED) is 0.603. The van der Waals surface area contributed by atoms with Crippen molar-refractivity contribution in [3.63, 3.8) is 0 Å². The first-order valence-electron chi connectivity index (χ1n) is 7.40. The average Bonchev–Trinajstić information content (AvgIpc) is 2.97.